The maximum Gasteiger partial charge on any atom is 0.194 e. The molecule has 0 aromatic heterocycles. The van der Waals surface area contributed by atoms with Gasteiger partial charge >= 0.3 is 0 Å². The van der Waals surface area contributed by atoms with E-state index in [0.29, 0.717) is 5.41 Å². The molecule has 3 aliphatic rings. The Bertz CT molecular complexity index is 617. The number of likely N-dealkylation sites (tertiary alicyclic amines) is 1. The molecule has 0 bridgehead atoms. The average Bonchev–Trinajstić information content (AvgIpc) is 3.12. The van der Waals surface area contributed by atoms with E-state index < -0.39 is 0 Å². The second-order valence-electron chi connectivity index (χ2n) is 7.96. The highest BCUT2D eigenvalue weighted by Crippen LogP contribution is 2.47. The smallest absolute Gasteiger partial charge is 0.194 e. The Morgan fingerprint density at radius 3 is 2.50 bits per heavy atom. The molecule has 3 fully saturated rings. The van der Waals surface area contributed by atoms with Crippen molar-refractivity contribution in [2.24, 2.45) is 10.4 Å². The second kappa shape index (κ2) is 8.12. The highest BCUT2D eigenvalue weighted by molar-refractivity contribution is 7.99. The monoisotopic (exact) mass is 372 g/mol. The minimum absolute atomic E-state index is 0.616. The summed E-state index contributed by atoms with van der Waals surface area (Å²) in [6.45, 7) is 8.57. The highest BCUT2D eigenvalue weighted by atomic mass is 32.2. The molecule has 4 rings (SSSR count). The molecule has 0 unspecified atom stereocenters. The van der Waals surface area contributed by atoms with Crippen LogP contribution in [0.15, 0.2) is 29.3 Å². The first-order chi connectivity index (χ1) is 12.8. The lowest BCUT2D eigenvalue weighted by Gasteiger charge is -2.38. The molecule has 1 N–H and O–H groups in total. The van der Waals surface area contributed by atoms with Crippen molar-refractivity contribution < 1.29 is 0 Å². The summed E-state index contributed by atoms with van der Waals surface area (Å²) in [6.07, 6.45) is 5.60. The van der Waals surface area contributed by atoms with Gasteiger partial charge in [0, 0.05) is 49.9 Å². The highest BCUT2D eigenvalue weighted by Gasteiger charge is 2.43. The van der Waals surface area contributed by atoms with Gasteiger partial charge in [0.15, 0.2) is 5.96 Å². The molecular weight excluding hydrogens is 340 g/mol. The topological polar surface area (TPSA) is 30.9 Å². The molecule has 1 saturated carbocycles. The standard InChI is InChI=1S/C21H32N4S/c1-2-22-20(25-11-10-21(17-25)8-3-9-21)23-16-18-4-6-19(7-5-18)24-12-14-26-15-13-24/h4-7H,2-3,8-17H2,1H3,(H,22,23). The molecule has 1 aromatic rings. The van der Waals surface area contributed by atoms with Crippen LogP contribution >= 0.6 is 11.8 Å². The predicted molar refractivity (Wildman–Crippen MR) is 113 cm³/mol. The molecular formula is C21H32N4S. The Kier molecular flexibility index (Phi) is 5.63. The first-order valence-corrected chi connectivity index (χ1v) is 11.4. The van der Waals surface area contributed by atoms with Crippen LogP contribution in [0.3, 0.4) is 0 Å². The van der Waals surface area contributed by atoms with Crippen molar-refractivity contribution in [2.75, 3.05) is 49.1 Å². The van der Waals surface area contributed by atoms with Gasteiger partial charge in [-0.15, -0.1) is 0 Å². The minimum atomic E-state index is 0.616. The van der Waals surface area contributed by atoms with Crippen molar-refractivity contribution in [3.8, 4) is 0 Å². The number of hydrogen-bond acceptors (Lipinski definition) is 3. The fraction of sp³-hybridized carbons (Fsp3) is 0.667. The molecule has 5 heteroatoms. The van der Waals surface area contributed by atoms with E-state index in [9.17, 15) is 0 Å². The van der Waals surface area contributed by atoms with Gasteiger partial charge in [-0.05, 0) is 49.3 Å². The molecule has 0 atom stereocenters. The molecule has 1 aliphatic carbocycles. The summed E-state index contributed by atoms with van der Waals surface area (Å²) in [6, 6.07) is 9.04. The first-order valence-electron chi connectivity index (χ1n) is 10.2. The zero-order chi connectivity index (χ0) is 17.8. The van der Waals surface area contributed by atoms with Crippen LogP contribution in [-0.2, 0) is 6.54 Å². The van der Waals surface area contributed by atoms with E-state index in [-0.39, 0.29) is 0 Å². The summed E-state index contributed by atoms with van der Waals surface area (Å²) < 4.78 is 0. The molecule has 2 heterocycles. The summed E-state index contributed by atoms with van der Waals surface area (Å²) in [5.41, 5.74) is 3.27. The maximum absolute atomic E-state index is 4.95. The van der Waals surface area contributed by atoms with Crippen molar-refractivity contribution in [3.05, 3.63) is 29.8 Å². The summed E-state index contributed by atoms with van der Waals surface area (Å²) in [5.74, 6) is 3.60. The van der Waals surface area contributed by atoms with E-state index in [4.69, 9.17) is 4.99 Å². The number of anilines is 1. The third-order valence-corrected chi connectivity index (χ3v) is 7.15. The van der Waals surface area contributed by atoms with Crippen molar-refractivity contribution in [1.29, 1.82) is 0 Å². The number of aliphatic imine (C=N–C) groups is 1. The Labute approximate surface area is 162 Å². The summed E-state index contributed by atoms with van der Waals surface area (Å²) in [5, 5.41) is 3.51. The van der Waals surface area contributed by atoms with E-state index >= 15 is 0 Å². The lowest BCUT2D eigenvalue weighted by atomic mass is 9.68. The Balaban J connectivity index is 1.38. The number of rotatable bonds is 4. The lowest BCUT2D eigenvalue weighted by Crippen LogP contribution is -2.42. The van der Waals surface area contributed by atoms with Crippen LogP contribution in [0.1, 0.15) is 38.2 Å². The molecule has 0 radical (unpaired) electrons. The van der Waals surface area contributed by atoms with Gasteiger partial charge in [0.1, 0.15) is 0 Å². The third kappa shape index (κ3) is 3.98. The number of thioether (sulfide) groups is 1. The van der Waals surface area contributed by atoms with Gasteiger partial charge in [-0.3, -0.25) is 0 Å². The van der Waals surface area contributed by atoms with Gasteiger partial charge in [0.2, 0.25) is 0 Å². The van der Waals surface area contributed by atoms with Gasteiger partial charge in [0.25, 0.3) is 0 Å². The van der Waals surface area contributed by atoms with E-state index in [2.05, 4.69) is 58.1 Å². The average molecular weight is 373 g/mol. The Morgan fingerprint density at radius 1 is 1.12 bits per heavy atom. The van der Waals surface area contributed by atoms with E-state index in [1.54, 1.807) is 0 Å². The maximum atomic E-state index is 4.95. The van der Waals surface area contributed by atoms with Crippen LogP contribution in [0.4, 0.5) is 5.69 Å². The van der Waals surface area contributed by atoms with Crippen molar-refractivity contribution in [2.45, 2.75) is 39.2 Å². The molecule has 1 spiro atoms. The molecule has 1 aromatic carbocycles. The van der Waals surface area contributed by atoms with Gasteiger partial charge in [0.05, 0.1) is 6.54 Å². The zero-order valence-corrected chi connectivity index (χ0v) is 16.9. The number of benzene rings is 1. The quantitative estimate of drug-likeness (QED) is 0.646. The van der Waals surface area contributed by atoms with Gasteiger partial charge in [-0.2, -0.15) is 11.8 Å². The van der Waals surface area contributed by atoms with Gasteiger partial charge < -0.3 is 15.1 Å². The van der Waals surface area contributed by atoms with Crippen molar-refractivity contribution >= 4 is 23.4 Å². The molecule has 2 saturated heterocycles. The van der Waals surface area contributed by atoms with Gasteiger partial charge in [-0.25, -0.2) is 4.99 Å². The van der Waals surface area contributed by atoms with Crippen LogP contribution in [-0.4, -0.2) is 55.1 Å². The summed E-state index contributed by atoms with van der Waals surface area (Å²) >= 11 is 2.06. The number of hydrogen-bond donors (Lipinski definition) is 1. The first kappa shape index (κ1) is 18.0. The molecule has 142 valence electrons. The molecule has 2 aliphatic heterocycles. The minimum Gasteiger partial charge on any atom is -0.370 e. The largest absolute Gasteiger partial charge is 0.370 e. The fourth-order valence-electron chi connectivity index (χ4n) is 4.43. The second-order valence-corrected chi connectivity index (χ2v) is 9.19. The molecule has 4 nitrogen and oxygen atoms in total. The molecule has 0 amide bonds. The number of nitrogens with zero attached hydrogens (tertiary/aromatic N) is 3. The fourth-order valence-corrected chi connectivity index (χ4v) is 5.33. The van der Waals surface area contributed by atoms with Crippen LogP contribution in [0.25, 0.3) is 0 Å². The summed E-state index contributed by atoms with van der Waals surface area (Å²) in [4.78, 5) is 9.93. The van der Waals surface area contributed by atoms with Gasteiger partial charge in [-0.1, -0.05) is 18.6 Å². The zero-order valence-electron chi connectivity index (χ0n) is 16.0. The van der Waals surface area contributed by atoms with Crippen molar-refractivity contribution in [1.82, 2.24) is 10.2 Å². The van der Waals surface area contributed by atoms with E-state index in [1.165, 1.54) is 68.1 Å². The number of nitrogens with one attached hydrogen (secondary N) is 1. The SMILES string of the molecule is CCNC(=NCc1ccc(N2CCSCC2)cc1)N1CCC2(CCC2)C1. The predicted octanol–water partition coefficient (Wildman–Crippen LogP) is 3.58. The molecule has 26 heavy (non-hydrogen) atoms. The Morgan fingerprint density at radius 2 is 1.88 bits per heavy atom. The van der Waals surface area contributed by atoms with Crippen molar-refractivity contribution in [3.63, 3.8) is 0 Å². The lowest BCUT2D eigenvalue weighted by molar-refractivity contribution is 0.151. The van der Waals surface area contributed by atoms with Crippen LogP contribution in [0.2, 0.25) is 0 Å². The number of guanidine groups is 1. The van der Waals surface area contributed by atoms with Crippen LogP contribution in [0, 0.1) is 5.41 Å². The normalized spacial score (nSPS) is 22.6. The third-order valence-electron chi connectivity index (χ3n) is 6.21. The van der Waals surface area contributed by atoms with Crippen LogP contribution in [0.5, 0.6) is 0 Å². The van der Waals surface area contributed by atoms with E-state index in [1.807, 2.05) is 0 Å². The van der Waals surface area contributed by atoms with Crippen LogP contribution < -0.4 is 10.2 Å². The Hall–Kier alpha value is -1.36. The van der Waals surface area contributed by atoms with E-state index in [0.717, 1.165) is 25.6 Å². The summed E-state index contributed by atoms with van der Waals surface area (Å²) in [7, 11) is 0.